The number of hydrogen-bond donors (Lipinski definition) is 1. The highest BCUT2D eigenvalue weighted by Crippen LogP contribution is 2.20. The first kappa shape index (κ1) is 14.0. The van der Waals surface area contributed by atoms with Crippen LogP contribution in [-0.4, -0.2) is 29.1 Å². The molecule has 0 unspecified atom stereocenters. The Labute approximate surface area is 126 Å². The summed E-state index contributed by atoms with van der Waals surface area (Å²) in [5.74, 6) is 1.10. The fourth-order valence-electron chi connectivity index (χ4n) is 2.92. The quantitative estimate of drug-likeness (QED) is 0.936. The maximum atomic E-state index is 4.43. The zero-order valence-electron chi connectivity index (χ0n) is 12.4. The largest absolute Gasteiger partial charge is 0.357 e. The van der Waals surface area contributed by atoms with Gasteiger partial charge in [-0.15, -0.1) is 0 Å². The van der Waals surface area contributed by atoms with Gasteiger partial charge in [0.25, 0.3) is 0 Å². The average Bonchev–Trinajstić information content (AvgIpc) is 2.57. The van der Waals surface area contributed by atoms with Gasteiger partial charge in [0, 0.05) is 43.8 Å². The predicted octanol–water partition coefficient (Wildman–Crippen LogP) is 2.80. The molecule has 0 spiro atoms. The van der Waals surface area contributed by atoms with E-state index in [1.165, 1.54) is 5.56 Å². The molecular weight excluding hydrogens is 260 g/mol. The van der Waals surface area contributed by atoms with E-state index in [0.717, 1.165) is 31.7 Å². The van der Waals surface area contributed by atoms with Gasteiger partial charge in [0.05, 0.1) is 0 Å². The molecule has 1 saturated heterocycles. The molecule has 0 bridgehead atoms. The average molecular weight is 282 g/mol. The molecule has 2 aromatic rings. The SMILES string of the molecule is C[C@@H](NC1CCN(c2ccccn2)CC1)c1ccncc1. The van der Waals surface area contributed by atoms with Gasteiger partial charge in [-0.25, -0.2) is 4.98 Å². The fraction of sp³-hybridized carbons (Fsp3) is 0.412. The Balaban J connectivity index is 1.52. The van der Waals surface area contributed by atoms with Crippen molar-refractivity contribution in [3.8, 4) is 0 Å². The topological polar surface area (TPSA) is 41.0 Å². The summed E-state index contributed by atoms with van der Waals surface area (Å²) in [7, 11) is 0. The molecule has 21 heavy (non-hydrogen) atoms. The van der Waals surface area contributed by atoms with E-state index >= 15 is 0 Å². The summed E-state index contributed by atoms with van der Waals surface area (Å²) in [6.07, 6.45) is 7.90. The van der Waals surface area contributed by atoms with E-state index in [2.05, 4.69) is 51.4 Å². The van der Waals surface area contributed by atoms with Crippen molar-refractivity contribution < 1.29 is 0 Å². The van der Waals surface area contributed by atoms with Crippen LogP contribution in [0.5, 0.6) is 0 Å². The number of hydrogen-bond acceptors (Lipinski definition) is 4. The number of nitrogens with zero attached hydrogens (tertiary/aromatic N) is 3. The number of aromatic nitrogens is 2. The van der Waals surface area contributed by atoms with Gasteiger partial charge in [-0.2, -0.15) is 0 Å². The van der Waals surface area contributed by atoms with Gasteiger partial charge in [-0.1, -0.05) is 6.07 Å². The van der Waals surface area contributed by atoms with E-state index < -0.39 is 0 Å². The highest BCUT2D eigenvalue weighted by molar-refractivity contribution is 5.38. The smallest absolute Gasteiger partial charge is 0.128 e. The van der Waals surface area contributed by atoms with Gasteiger partial charge in [0.2, 0.25) is 0 Å². The van der Waals surface area contributed by atoms with Crippen LogP contribution < -0.4 is 10.2 Å². The van der Waals surface area contributed by atoms with Crippen LogP contribution in [0.2, 0.25) is 0 Å². The first-order chi connectivity index (χ1) is 10.3. The molecule has 0 amide bonds. The molecule has 110 valence electrons. The van der Waals surface area contributed by atoms with Crippen molar-refractivity contribution in [3.05, 3.63) is 54.5 Å². The van der Waals surface area contributed by atoms with Crippen molar-refractivity contribution in [2.24, 2.45) is 0 Å². The van der Waals surface area contributed by atoms with Crippen molar-refractivity contribution in [1.29, 1.82) is 0 Å². The van der Waals surface area contributed by atoms with Gasteiger partial charge >= 0.3 is 0 Å². The lowest BCUT2D eigenvalue weighted by Gasteiger charge is -2.34. The third kappa shape index (κ3) is 3.58. The normalized spacial score (nSPS) is 17.7. The van der Waals surface area contributed by atoms with Crippen LogP contribution in [-0.2, 0) is 0 Å². The highest BCUT2D eigenvalue weighted by atomic mass is 15.2. The second-order valence-corrected chi connectivity index (χ2v) is 5.62. The van der Waals surface area contributed by atoms with Gasteiger partial charge in [-0.05, 0) is 49.6 Å². The van der Waals surface area contributed by atoms with Crippen LogP contribution in [0.3, 0.4) is 0 Å². The Morgan fingerprint density at radius 2 is 1.86 bits per heavy atom. The zero-order valence-corrected chi connectivity index (χ0v) is 12.4. The van der Waals surface area contributed by atoms with Crippen LogP contribution in [0.25, 0.3) is 0 Å². The molecule has 2 aromatic heterocycles. The van der Waals surface area contributed by atoms with E-state index in [-0.39, 0.29) is 0 Å². The van der Waals surface area contributed by atoms with Crippen molar-refractivity contribution in [1.82, 2.24) is 15.3 Å². The van der Waals surface area contributed by atoms with E-state index in [9.17, 15) is 0 Å². The lowest BCUT2D eigenvalue weighted by molar-refractivity contribution is 0.380. The standard InChI is InChI=1S/C17H22N4/c1-14(15-5-10-18-11-6-15)20-16-7-12-21(13-8-16)17-4-2-3-9-19-17/h2-6,9-11,14,16,20H,7-8,12-13H2,1H3/t14-/m1/s1. The monoisotopic (exact) mass is 282 g/mol. The molecule has 4 heteroatoms. The number of pyridine rings is 2. The maximum Gasteiger partial charge on any atom is 0.128 e. The number of rotatable bonds is 4. The molecule has 0 saturated carbocycles. The predicted molar refractivity (Wildman–Crippen MR) is 85.3 cm³/mol. The number of anilines is 1. The van der Waals surface area contributed by atoms with Gasteiger partial charge in [0.15, 0.2) is 0 Å². The van der Waals surface area contributed by atoms with Crippen molar-refractivity contribution >= 4 is 5.82 Å². The summed E-state index contributed by atoms with van der Waals surface area (Å²) in [6, 6.07) is 11.2. The summed E-state index contributed by atoms with van der Waals surface area (Å²) < 4.78 is 0. The summed E-state index contributed by atoms with van der Waals surface area (Å²) >= 11 is 0. The van der Waals surface area contributed by atoms with Crippen molar-refractivity contribution in [2.75, 3.05) is 18.0 Å². The van der Waals surface area contributed by atoms with Crippen molar-refractivity contribution in [2.45, 2.75) is 31.8 Å². The Bertz CT molecular complexity index is 535. The summed E-state index contributed by atoms with van der Waals surface area (Å²) in [4.78, 5) is 10.9. The molecule has 0 radical (unpaired) electrons. The molecular formula is C17H22N4. The highest BCUT2D eigenvalue weighted by Gasteiger charge is 2.21. The molecule has 1 N–H and O–H groups in total. The van der Waals surface area contributed by atoms with Gasteiger partial charge in [0.1, 0.15) is 5.82 Å². The molecule has 3 rings (SSSR count). The van der Waals surface area contributed by atoms with E-state index in [0.29, 0.717) is 12.1 Å². The van der Waals surface area contributed by atoms with E-state index in [4.69, 9.17) is 0 Å². The molecule has 1 fully saturated rings. The molecule has 0 aromatic carbocycles. The lowest BCUT2D eigenvalue weighted by Crippen LogP contribution is -2.43. The minimum Gasteiger partial charge on any atom is -0.357 e. The molecule has 3 heterocycles. The lowest BCUT2D eigenvalue weighted by atomic mass is 10.0. The maximum absolute atomic E-state index is 4.43. The minimum atomic E-state index is 0.374. The van der Waals surface area contributed by atoms with Crippen LogP contribution >= 0.6 is 0 Å². The van der Waals surface area contributed by atoms with Crippen LogP contribution in [0, 0.1) is 0 Å². The van der Waals surface area contributed by atoms with Gasteiger partial charge in [-0.3, -0.25) is 4.98 Å². The second-order valence-electron chi connectivity index (χ2n) is 5.62. The zero-order chi connectivity index (χ0) is 14.5. The second kappa shape index (κ2) is 6.68. The third-order valence-corrected chi connectivity index (χ3v) is 4.16. The first-order valence-electron chi connectivity index (χ1n) is 7.65. The van der Waals surface area contributed by atoms with Crippen LogP contribution in [0.15, 0.2) is 48.9 Å². The molecule has 4 nitrogen and oxygen atoms in total. The summed E-state index contributed by atoms with van der Waals surface area (Å²) in [5, 5.41) is 3.73. The van der Waals surface area contributed by atoms with E-state index in [1.807, 2.05) is 24.7 Å². The van der Waals surface area contributed by atoms with Crippen LogP contribution in [0.4, 0.5) is 5.82 Å². The molecule has 1 aliphatic heterocycles. The Hall–Kier alpha value is -1.94. The molecule has 0 aliphatic carbocycles. The third-order valence-electron chi connectivity index (χ3n) is 4.16. The number of piperidine rings is 1. The fourth-order valence-corrected chi connectivity index (χ4v) is 2.92. The Kier molecular flexibility index (Phi) is 4.46. The van der Waals surface area contributed by atoms with E-state index in [1.54, 1.807) is 0 Å². The Morgan fingerprint density at radius 1 is 1.10 bits per heavy atom. The molecule has 1 aliphatic rings. The van der Waals surface area contributed by atoms with Crippen molar-refractivity contribution in [3.63, 3.8) is 0 Å². The summed E-state index contributed by atoms with van der Waals surface area (Å²) in [6.45, 7) is 4.36. The van der Waals surface area contributed by atoms with Crippen LogP contribution in [0.1, 0.15) is 31.4 Å². The first-order valence-corrected chi connectivity index (χ1v) is 7.65. The Morgan fingerprint density at radius 3 is 2.52 bits per heavy atom. The number of nitrogens with one attached hydrogen (secondary N) is 1. The molecule has 1 atom stereocenters. The van der Waals surface area contributed by atoms with Gasteiger partial charge < -0.3 is 10.2 Å². The minimum absolute atomic E-state index is 0.374. The summed E-state index contributed by atoms with van der Waals surface area (Å²) in [5.41, 5.74) is 1.30.